The summed E-state index contributed by atoms with van der Waals surface area (Å²) in [4.78, 5) is 50.4. The van der Waals surface area contributed by atoms with Crippen molar-refractivity contribution in [1.82, 2.24) is 19.8 Å². The highest BCUT2D eigenvalue weighted by Crippen LogP contribution is 2.25. The third-order valence-corrected chi connectivity index (χ3v) is 5.17. The molecule has 1 aliphatic heterocycles. The first-order chi connectivity index (χ1) is 14.5. The van der Waals surface area contributed by atoms with Crippen LogP contribution in [0.25, 0.3) is 22.1 Å². The van der Waals surface area contributed by atoms with Gasteiger partial charge in [0.25, 0.3) is 5.56 Å². The van der Waals surface area contributed by atoms with Crippen LogP contribution in [0.2, 0.25) is 0 Å². The van der Waals surface area contributed by atoms with Gasteiger partial charge in [-0.25, -0.2) is 9.36 Å². The molecule has 0 saturated carbocycles. The molecule has 1 saturated heterocycles. The standard InChI is InChI=1S/C20H22N4O6/c1-21-15(25)10-24-19(27)18-17(13-6-2-3-7-14(13)30-18)23(20(24)28)11-16(26)22-9-12-5-4-8-29-12/h2-3,6-7,12H,4-5,8-11H2,1H3,(H,21,25)(H,22,26). The molecule has 2 amide bonds. The molecule has 0 radical (unpaired) electrons. The largest absolute Gasteiger partial charge is 0.449 e. The number of benzene rings is 1. The van der Waals surface area contributed by atoms with Crippen molar-refractivity contribution in [2.24, 2.45) is 0 Å². The van der Waals surface area contributed by atoms with Crippen LogP contribution in [0.3, 0.4) is 0 Å². The van der Waals surface area contributed by atoms with Crippen LogP contribution in [-0.2, 0) is 27.4 Å². The Balaban J connectivity index is 1.79. The topological polar surface area (TPSA) is 125 Å². The molecule has 2 N–H and O–H groups in total. The number of carbonyl (C=O) groups is 2. The minimum Gasteiger partial charge on any atom is -0.449 e. The van der Waals surface area contributed by atoms with Crippen LogP contribution in [0.1, 0.15) is 12.8 Å². The monoisotopic (exact) mass is 414 g/mol. The van der Waals surface area contributed by atoms with Gasteiger partial charge in [-0.15, -0.1) is 0 Å². The summed E-state index contributed by atoms with van der Waals surface area (Å²) >= 11 is 0. The number of carbonyl (C=O) groups excluding carboxylic acids is 2. The zero-order valence-electron chi connectivity index (χ0n) is 16.5. The van der Waals surface area contributed by atoms with E-state index in [1.165, 1.54) is 11.6 Å². The Morgan fingerprint density at radius 2 is 1.90 bits per heavy atom. The molecule has 1 unspecified atom stereocenters. The molecule has 1 aromatic carbocycles. The van der Waals surface area contributed by atoms with Crippen LogP contribution >= 0.6 is 0 Å². The van der Waals surface area contributed by atoms with Crippen molar-refractivity contribution in [3.63, 3.8) is 0 Å². The van der Waals surface area contributed by atoms with Gasteiger partial charge in [0.2, 0.25) is 17.4 Å². The molecule has 158 valence electrons. The number of rotatable bonds is 6. The first kappa shape index (κ1) is 19.9. The average molecular weight is 414 g/mol. The van der Waals surface area contributed by atoms with Gasteiger partial charge < -0.3 is 19.8 Å². The number of fused-ring (bicyclic) bond motifs is 3. The first-order valence-electron chi connectivity index (χ1n) is 9.73. The number of ether oxygens (including phenoxy) is 1. The maximum absolute atomic E-state index is 13.1. The van der Waals surface area contributed by atoms with Crippen LogP contribution in [-0.4, -0.2) is 47.3 Å². The lowest BCUT2D eigenvalue weighted by Crippen LogP contribution is -2.45. The van der Waals surface area contributed by atoms with E-state index in [-0.39, 0.29) is 23.7 Å². The predicted octanol–water partition coefficient (Wildman–Crippen LogP) is -0.0494. The quantitative estimate of drug-likeness (QED) is 0.583. The van der Waals surface area contributed by atoms with Gasteiger partial charge in [-0.3, -0.25) is 19.0 Å². The Labute approximate surface area is 170 Å². The fourth-order valence-electron chi connectivity index (χ4n) is 3.64. The van der Waals surface area contributed by atoms with Crippen molar-refractivity contribution < 1.29 is 18.7 Å². The van der Waals surface area contributed by atoms with E-state index in [4.69, 9.17) is 9.15 Å². The van der Waals surface area contributed by atoms with Gasteiger partial charge in [0.05, 0.1) is 6.10 Å². The van der Waals surface area contributed by atoms with Gasteiger partial charge in [0.1, 0.15) is 24.2 Å². The third kappa shape index (κ3) is 3.61. The molecule has 30 heavy (non-hydrogen) atoms. The summed E-state index contributed by atoms with van der Waals surface area (Å²) in [5.41, 5.74) is -0.899. The highest BCUT2D eigenvalue weighted by molar-refractivity contribution is 6.02. The highest BCUT2D eigenvalue weighted by atomic mass is 16.5. The second kappa shape index (κ2) is 8.15. The van der Waals surface area contributed by atoms with Gasteiger partial charge >= 0.3 is 5.69 Å². The van der Waals surface area contributed by atoms with E-state index in [0.29, 0.717) is 24.1 Å². The number of aromatic nitrogens is 2. The van der Waals surface area contributed by atoms with Crippen molar-refractivity contribution in [2.45, 2.75) is 32.0 Å². The number of likely N-dealkylation sites (N-methyl/N-ethyl adjacent to an activating group) is 1. The number of furan rings is 1. The molecule has 1 fully saturated rings. The molecule has 2 aromatic heterocycles. The molecule has 10 nitrogen and oxygen atoms in total. The van der Waals surface area contributed by atoms with E-state index in [1.807, 2.05) is 0 Å². The Morgan fingerprint density at radius 1 is 1.13 bits per heavy atom. The second-order valence-electron chi connectivity index (χ2n) is 7.15. The van der Waals surface area contributed by atoms with E-state index in [0.717, 1.165) is 17.4 Å². The van der Waals surface area contributed by atoms with E-state index in [1.54, 1.807) is 24.3 Å². The fourth-order valence-corrected chi connectivity index (χ4v) is 3.64. The number of nitrogens with one attached hydrogen (secondary N) is 2. The minimum absolute atomic E-state index is 0.0392. The van der Waals surface area contributed by atoms with Gasteiger partial charge in [-0.2, -0.15) is 0 Å². The zero-order valence-corrected chi connectivity index (χ0v) is 16.5. The van der Waals surface area contributed by atoms with Crippen molar-refractivity contribution in [1.29, 1.82) is 0 Å². The average Bonchev–Trinajstić information content (AvgIpc) is 3.40. The van der Waals surface area contributed by atoms with Crippen molar-refractivity contribution in [2.75, 3.05) is 20.2 Å². The number of nitrogens with zero attached hydrogens (tertiary/aromatic N) is 2. The molecule has 1 atom stereocenters. The van der Waals surface area contributed by atoms with Crippen molar-refractivity contribution in [3.8, 4) is 0 Å². The SMILES string of the molecule is CNC(=O)Cn1c(=O)c2oc3ccccc3c2n(CC(=O)NCC2CCCO2)c1=O. The van der Waals surface area contributed by atoms with Crippen LogP contribution in [0.4, 0.5) is 0 Å². The summed E-state index contributed by atoms with van der Waals surface area (Å²) in [5, 5.41) is 5.70. The molecule has 0 spiro atoms. The van der Waals surface area contributed by atoms with E-state index >= 15 is 0 Å². The summed E-state index contributed by atoms with van der Waals surface area (Å²) in [7, 11) is 1.41. The van der Waals surface area contributed by atoms with Gasteiger partial charge in [0, 0.05) is 25.6 Å². The molecule has 0 aliphatic carbocycles. The van der Waals surface area contributed by atoms with Gasteiger partial charge in [0.15, 0.2) is 0 Å². The smallest absolute Gasteiger partial charge is 0.332 e. The van der Waals surface area contributed by atoms with E-state index in [9.17, 15) is 19.2 Å². The molecular weight excluding hydrogens is 392 g/mol. The van der Waals surface area contributed by atoms with E-state index in [2.05, 4.69) is 10.6 Å². The van der Waals surface area contributed by atoms with Crippen LogP contribution in [0, 0.1) is 0 Å². The Morgan fingerprint density at radius 3 is 2.63 bits per heavy atom. The lowest BCUT2D eigenvalue weighted by atomic mass is 10.2. The summed E-state index contributed by atoms with van der Waals surface area (Å²) in [6.45, 7) is 0.227. The van der Waals surface area contributed by atoms with Gasteiger partial charge in [-0.1, -0.05) is 12.1 Å². The molecular formula is C20H22N4O6. The molecule has 1 aliphatic rings. The molecule has 3 aromatic rings. The Bertz CT molecular complexity index is 1230. The van der Waals surface area contributed by atoms with Gasteiger partial charge in [-0.05, 0) is 25.0 Å². The van der Waals surface area contributed by atoms with Crippen molar-refractivity contribution in [3.05, 3.63) is 45.1 Å². The summed E-state index contributed by atoms with van der Waals surface area (Å²) < 4.78 is 13.1. The summed E-state index contributed by atoms with van der Waals surface area (Å²) in [5.74, 6) is -0.914. The molecule has 4 rings (SSSR count). The van der Waals surface area contributed by atoms with Crippen LogP contribution in [0.15, 0.2) is 38.3 Å². The molecule has 10 heteroatoms. The molecule has 0 bridgehead atoms. The lowest BCUT2D eigenvalue weighted by Gasteiger charge is -2.13. The number of hydrogen-bond acceptors (Lipinski definition) is 6. The first-order valence-corrected chi connectivity index (χ1v) is 9.73. The van der Waals surface area contributed by atoms with E-state index < -0.39 is 29.6 Å². The van der Waals surface area contributed by atoms with Crippen LogP contribution in [0.5, 0.6) is 0 Å². The summed E-state index contributed by atoms with van der Waals surface area (Å²) in [6, 6.07) is 6.87. The van der Waals surface area contributed by atoms with Crippen molar-refractivity contribution >= 4 is 33.9 Å². The Kier molecular flexibility index (Phi) is 5.40. The number of hydrogen-bond donors (Lipinski definition) is 2. The molecule has 3 heterocycles. The Hall–Kier alpha value is -3.40. The number of amides is 2. The minimum atomic E-state index is -0.755. The third-order valence-electron chi connectivity index (χ3n) is 5.17. The maximum atomic E-state index is 13.1. The van der Waals surface area contributed by atoms with Crippen LogP contribution < -0.4 is 21.9 Å². The second-order valence-corrected chi connectivity index (χ2v) is 7.15. The zero-order chi connectivity index (χ0) is 21.3. The maximum Gasteiger partial charge on any atom is 0.332 e. The predicted molar refractivity (Wildman–Crippen MR) is 108 cm³/mol. The normalized spacial score (nSPS) is 16.2. The fraction of sp³-hybridized carbons (Fsp3) is 0.400. The lowest BCUT2D eigenvalue weighted by molar-refractivity contribution is -0.122. The highest BCUT2D eigenvalue weighted by Gasteiger charge is 2.23. The number of para-hydroxylation sites is 1. The summed E-state index contributed by atoms with van der Waals surface area (Å²) in [6.07, 6.45) is 1.78.